The Kier molecular flexibility index (Phi) is 8.23. The lowest BCUT2D eigenvalue weighted by molar-refractivity contribution is -0.127. The summed E-state index contributed by atoms with van der Waals surface area (Å²) in [6.45, 7) is 0.281. The molecule has 1 saturated carbocycles. The maximum absolute atomic E-state index is 12.7. The van der Waals surface area contributed by atoms with Crippen LogP contribution in [0.5, 0.6) is 11.5 Å². The van der Waals surface area contributed by atoms with Crippen LogP contribution in [0, 0.1) is 11.8 Å². The van der Waals surface area contributed by atoms with Crippen LogP contribution in [0.15, 0.2) is 47.6 Å². The van der Waals surface area contributed by atoms with Crippen LogP contribution in [0.2, 0.25) is 0 Å². The first-order chi connectivity index (χ1) is 15.8. The minimum absolute atomic E-state index is 0.0950. The summed E-state index contributed by atoms with van der Waals surface area (Å²) in [5, 5.41) is 0. The number of carbonyl (C=O) groups excluding carboxylic acids is 2. The molecule has 1 fully saturated rings. The van der Waals surface area contributed by atoms with Crippen molar-refractivity contribution < 1.29 is 27.5 Å². The summed E-state index contributed by atoms with van der Waals surface area (Å²) in [5.41, 5.74) is 5.21. The van der Waals surface area contributed by atoms with Crippen LogP contribution in [0.25, 0.3) is 0 Å². The van der Waals surface area contributed by atoms with Gasteiger partial charge in [-0.05, 0) is 55.9 Å². The summed E-state index contributed by atoms with van der Waals surface area (Å²) in [4.78, 5) is 28.4. The number of methoxy groups -OCH3 is 2. The molecule has 0 aliphatic heterocycles. The number of pyridine rings is 1. The van der Waals surface area contributed by atoms with E-state index >= 15 is 0 Å². The van der Waals surface area contributed by atoms with E-state index in [2.05, 4.69) is 20.6 Å². The fourth-order valence-electron chi connectivity index (χ4n) is 3.71. The summed E-state index contributed by atoms with van der Waals surface area (Å²) >= 11 is 0. The summed E-state index contributed by atoms with van der Waals surface area (Å²) in [6, 6.07) is 7.66. The van der Waals surface area contributed by atoms with Gasteiger partial charge in [-0.3, -0.25) is 25.4 Å². The smallest absolute Gasteiger partial charge is 0.271 e. The molecule has 0 unspecified atom stereocenters. The Labute approximate surface area is 193 Å². The van der Waals surface area contributed by atoms with E-state index in [1.807, 2.05) is 0 Å². The Morgan fingerprint density at radius 1 is 1.03 bits per heavy atom. The second-order valence-corrected chi connectivity index (χ2v) is 9.54. The number of rotatable bonds is 8. The van der Waals surface area contributed by atoms with Crippen molar-refractivity contribution in [1.29, 1.82) is 0 Å². The largest absolute Gasteiger partial charge is 0.493 e. The number of ether oxygens (including phenoxy) is 2. The van der Waals surface area contributed by atoms with E-state index in [1.165, 1.54) is 32.5 Å². The maximum atomic E-state index is 12.7. The topological polar surface area (TPSA) is 136 Å². The fourth-order valence-corrected chi connectivity index (χ4v) is 4.84. The molecule has 33 heavy (non-hydrogen) atoms. The Bertz CT molecular complexity index is 1070. The summed E-state index contributed by atoms with van der Waals surface area (Å²) in [6.07, 6.45) is 5.58. The van der Waals surface area contributed by atoms with Crippen molar-refractivity contribution in [3.8, 4) is 11.5 Å². The SMILES string of the molecule is COc1ccc(S(=O)(=O)NCC2CCC(C(=O)NNC(=O)c3cccnc3)CC2)cc1OC. The Morgan fingerprint density at radius 2 is 1.76 bits per heavy atom. The molecule has 0 radical (unpaired) electrons. The van der Waals surface area contributed by atoms with Gasteiger partial charge in [0.15, 0.2) is 11.5 Å². The molecule has 0 spiro atoms. The second kappa shape index (κ2) is 11.1. The van der Waals surface area contributed by atoms with Crippen LogP contribution in [0.4, 0.5) is 0 Å². The van der Waals surface area contributed by atoms with Crippen molar-refractivity contribution in [3.63, 3.8) is 0 Å². The van der Waals surface area contributed by atoms with Crippen molar-refractivity contribution in [2.45, 2.75) is 30.6 Å². The molecule has 11 heteroatoms. The lowest BCUT2D eigenvalue weighted by atomic mass is 9.82. The zero-order valence-electron chi connectivity index (χ0n) is 18.5. The quantitative estimate of drug-likeness (QED) is 0.493. The van der Waals surface area contributed by atoms with E-state index < -0.39 is 15.9 Å². The van der Waals surface area contributed by atoms with Gasteiger partial charge in [-0.1, -0.05) is 0 Å². The molecule has 1 aliphatic carbocycles. The number of aromatic nitrogens is 1. The van der Waals surface area contributed by atoms with Gasteiger partial charge in [0.2, 0.25) is 15.9 Å². The Balaban J connectivity index is 1.45. The highest BCUT2D eigenvalue weighted by Crippen LogP contribution is 2.31. The van der Waals surface area contributed by atoms with Crippen molar-refractivity contribution in [2.24, 2.45) is 11.8 Å². The predicted octanol–water partition coefficient (Wildman–Crippen LogP) is 1.64. The molecule has 2 aromatic rings. The van der Waals surface area contributed by atoms with E-state index in [9.17, 15) is 18.0 Å². The zero-order valence-corrected chi connectivity index (χ0v) is 19.4. The Hall–Kier alpha value is -3.18. The molecule has 1 aromatic heterocycles. The van der Waals surface area contributed by atoms with Crippen LogP contribution >= 0.6 is 0 Å². The van der Waals surface area contributed by atoms with Crippen LogP contribution in [-0.4, -0.2) is 46.0 Å². The van der Waals surface area contributed by atoms with Crippen molar-refractivity contribution in [3.05, 3.63) is 48.3 Å². The van der Waals surface area contributed by atoms with Gasteiger partial charge in [-0.15, -0.1) is 0 Å². The molecule has 1 aromatic carbocycles. The van der Waals surface area contributed by atoms with E-state index in [4.69, 9.17) is 9.47 Å². The summed E-state index contributed by atoms with van der Waals surface area (Å²) < 4.78 is 38.3. The number of sulfonamides is 1. The first-order valence-electron chi connectivity index (χ1n) is 10.6. The standard InChI is InChI=1S/C22H28N4O6S/c1-31-19-10-9-18(12-20(19)32-2)33(29,30)24-13-15-5-7-16(8-6-15)21(27)25-26-22(28)17-4-3-11-23-14-17/h3-4,9-12,14-16,24H,5-8,13H2,1-2H3,(H,25,27)(H,26,28). The van der Waals surface area contributed by atoms with Gasteiger partial charge in [0.1, 0.15) is 0 Å². The van der Waals surface area contributed by atoms with Gasteiger partial charge in [-0.2, -0.15) is 0 Å². The van der Waals surface area contributed by atoms with E-state index in [-0.39, 0.29) is 29.2 Å². The highest BCUT2D eigenvalue weighted by molar-refractivity contribution is 7.89. The minimum Gasteiger partial charge on any atom is -0.493 e. The molecule has 2 amide bonds. The number of nitrogens with zero attached hydrogens (tertiary/aromatic N) is 1. The summed E-state index contributed by atoms with van der Waals surface area (Å²) in [7, 11) is -0.782. The number of carbonyl (C=O) groups is 2. The molecular formula is C22H28N4O6S. The predicted molar refractivity (Wildman–Crippen MR) is 120 cm³/mol. The van der Waals surface area contributed by atoms with Gasteiger partial charge in [-0.25, -0.2) is 13.1 Å². The normalized spacial score (nSPS) is 18.2. The average molecular weight is 477 g/mol. The molecule has 178 valence electrons. The molecule has 1 heterocycles. The van der Waals surface area contributed by atoms with E-state index in [0.717, 1.165) is 0 Å². The van der Waals surface area contributed by atoms with Crippen molar-refractivity contribution >= 4 is 21.8 Å². The van der Waals surface area contributed by atoms with Crippen LogP contribution in [0.1, 0.15) is 36.0 Å². The van der Waals surface area contributed by atoms with Crippen LogP contribution in [-0.2, 0) is 14.8 Å². The third-order valence-corrected chi connectivity index (χ3v) is 7.09. The number of nitrogens with one attached hydrogen (secondary N) is 3. The van der Waals surface area contributed by atoms with E-state index in [1.54, 1.807) is 24.4 Å². The van der Waals surface area contributed by atoms with Gasteiger partial charge in [0.25, 0.3) is 5.91 Å². The van der Waals surface area contributed by atoms with Gasteiger partial charge < -0.3 is 9.47 Å². The average Bonchev–Trinajstić information content (AvgIpc) is 2.86. The zero-order chi connectivity index (χ0) is 23.8. The third kappa shape index (κ3) is 6.42. The molecule has 10 nitrogen and oxygen atoms in total. The molecule has 3 N–H and O–H groups in total. The lowest BCUT2D eigenvalue weighted by Gasteiger charge is -2.27. The van der Waals surface area contributed by atoms with E-state index in [0.29, 0.717) is 42.7 Å². The van der Waals surface area contributed by atoms with Crippen molar-refractivity contribution in [1.82, 2.24) is 20.6 Å². The van der Waals surface area contributed by atoms with Gasteiger partial charge in [0.05, 0.1) is 24.7 Å². The monoisotopic (exact) mass is 476 g/mol. The first kappa shape index (κ1) is 24.5. The molecule has 0 bridgehead atoms. The second-order valence-electron chi connectivity index (χ2n) is 7.77. The number of hydrogen-bond acceptors (Lipinski definition) is 7. The Morgan fingerprint density at radius 3 is 2.39 bits per heavy atom. The molecule has 0 saturated heterocycles. The number of hydrazine groups is 1. The molecule has 1 aliphatic rings. The number of benzene rings is 1. The summed E-state index contributed by atoms with van der Waals surface area (Å²) in [5.74, 6) is -0.0228. The highest BCUT2D eigenvalue weighted by atomic mass is 32.2. The van der Waals surface area contributed by atoms with Crippen molar-refractivity contribution in [2.75, 3.05) is 20.8 Å². The maximum Gasteiger partial charge on any atom is 0.271 e. The molecular weight excluding hydrogens is 448 g/mol. The van der Waals surface area contributed by atoms with Crippen LogP contribution in [0.3, 0.4) is 0 Å². The lowest BCUT2D eigenvalue weighted by Crippen LogP contribution is -2.45. The first-order valence-corrected chi connectivity index (χ1v) is 12.0. The fraction of sp³-hybridized carbons (Fsp3) is 0.409. The van der Waals surface area contributed by atoms with Gasteiger partial charge >= 0.3 is 0 Å². The highest BCUT2D eigenvalue weighted by Gasteiger charge is 2.28. The molecule has 3 rings (SSSR count). The van der Waals surface area contributed by atoms with Crippen LogP contribution < -0.4 is 25.0 Å². The van der Waals surface area contributed by atoms with Gasteiger partial charge in [0, 0.05) is 30.9 Å². The molecule has 0 atom stereocenters. The number of hydrogen-bond donors (Lipinski definition) is 3. The third-order valence-electron chi connectivity index (χ3n) is 5.67. The minimum atomic E-state index is -3.71. The number of amides is 2.